The Morgan fingerprint density at radius 2 is 2.00 bits per heavy atom. The Labute approximate surface area is 164 Å². The predicted octanol–water partition coefficient (Wildman–Crippen LogP) is 1.23. The Hall–Kier alpha value is -3.14. The summed E-state index contributed by atoms with van der Waals surface area (Å²) in [4.78, 5) is 48.3. The number of hydrogen-bond acceptors (Lipinski definition) is 7. The zero-order valence-corrected chi connectivity index (χ0v) is 15.7. The molecule has 2 aromatic rings. The maximum absolute atomic E-state index is 12.1. The highest BCUT2D eigenvalue weighted by molar-refractivity contribution is 7.17. The number of nitrogens with two attached hydrogens (primary N) is 1. The van der Waals surface area contributed by atoms with Crippen molar-refractivity contribution in [1.29, 1.82) is 0 Å². The van der Waals surface area contributed by atoms with E-state index < -0.39 is 36.8 Å². The van der Waals surface area contributed by atoms with Crippen molar-refractivity contribution in [1.82, 2.24) is 5.32 Å². The van der Waals surface area contributed by atoms with Crippen molar-refractivity contribution in [2.24, 2.45) is 5.73 Å². The molecule has 2 aromatic heterocycles. The summed E-state index contributed by atoms with van der Waals surface area (Å²) in [5, 5.41) is 5.29. The lowest BCUT2D eigenvalue weighted by atomic mass is 9.95. The molecule has 9 nitrogen and oxygen atoms in total. The minimum atomic E-state index is -0.782. The summed E-state index contributed by atoms with van der Waals surface area (Å²) >= 11 is 1.32. The number of carbonyl (C=O) groups is 4. The van der Waals surface area contributed by atoms with Gasteiger partial charge in [0.05, 0.1) is 11.8 Å². The van der Waals surface area contributed by atoms with Gasteiger partial charge in [0.1, 0.15) is 11.5 Å². The van der Waals surface area contributed by atoms with Crippen LogP contribution in [0, 0.1) is 0 Å². The van der Waals surface area contributed by atoms with Crippen LogP contribution in [0.2, 0.25) is 0 Å². The normalized spacial score (nSPS) is 12.7. The molecule has 0 radical (unpaired) electrons. The van der Waals surface area contributed by atoms with Crippen molar-refractivity contribution < 1.29 is 28.3 Å². The molecule has 0 saturated heterocycles. The highest BCUT2D eigenvalue weighted by Gasteiger charge is 2.25. The minimum Gasteiger partial charge on any atom is -0.459 e. The first-order chi connectivity index (χ1) is 13.5. The van der Waals surface area contributed by atoms with Crippen LogP contribution in [0.5, 0.6) is 0 Å². The van der Waals surface area contributed by atoms with Gasteiger partial charge in [0.2, 0.25) is 0 Å². The number of ether oxygens (including phenoxy) is 1. The summed E-state index contributed by atoms with van der Waals surface area (Å²) in [6, 6.07) is 2.99. The summed E-state index contributed by atoms with van der Waals surface area (Å²) in [7, 11) is 0. The molecule has 10 heteroatoms. The van der Waals surface area contributed by atoms with Crippen molar-refractivity contribution in [3.05, 3.63) is 40.2 Å². The number of aryl methyl sites for hydroxylation is 1. The number of thiophene rings is 1. The number of rotatable bonds is 7. The first kappa shape index (κ1) is 19.6. The number of nitrogens with one attached hydrogen (secondary N) is 2. The number of anilines is 1. The van der Waals surface area contributed by atoms with Crippen LogP contribution in [-0.2, 0) is 27.2 Å². The van der Waals surface area contributed by atoms with Crippen molar-refractivity contribution in [3.63, 3.8) is 0 Å². The monoisotopic (exact) mass is 405 g/mol. The van der Waals surface area contributed by atoms with Gasteiger partial charge in [0.25, 0.3) is 17.7 Å². The van der Waals surface area contributed by atoms with E-state index in [1.807, 2.05) is 0 Å². The van der Waals surface area contributed by atoms with E-state index in [2.05, 4.69) is 10.6 Å². The average Bonchev–Trinajstić information content (AvgIpc) is 3.31. The van der Waals surface area contributed by atoms with Crippen LogP contribution in [0.1, 0.15) is 44.2 Å². The first-order valence-electron chi connectivity index (χ1n) is 8.67. The number of fused-ring (bicyclic) bond motifs is 1. The van der Waals surface area contributed by atoms with Crippen LogP contribution < -0.4 is 16.4 Å². The minimum absolute atomic E-state index is 0.0613. The third-order valence-corrected chi connectivity index (χ3v) is 5.38. The number of primary amides is 1. The topological polar surface area (TPSA) is 141 Å². The highest BCUT2D eigenvalue weighted by Crippen LogP contribution is 2.37. The zero-order chi connectivity index (χ0) is 20.1. The van der Waals surface area contributed by atoms with E-state index in [9.17, 15) is 19.2 Å². The van der Waals surface area contributed by atoms with E-state index in [1.54, 1.807) is 6.07 Å². The summed E-state index contributed by atoms with van der Waals surface area (Å²) in [5.74, 6) is -2.47. The van der Waals surface area contributed by atoms with Gasteiger partial charge in [-0.3, -0.25) is 19.2 Å². The van der Waals surface area contributed by atoms with E-state index in [1.165, 1.54) is 23.7 Å². The molecule has 0 saturated carbocycles. The maximum atomic E-state index is 12.1. The third-order valence-electron chi connectivity index (χ3n) is 4.17. The number of furan rings is 1. The van der Waals surface area contributed by atoms with E-state index >= 15 is 0 Å². The molecule has 1 aliphatic carbocycles. The van der Waals surface area contributed by atoms with Crippen molar-refractivity contribution >= 4 is 40.0 Å². The summed E-state index contributed by atoms with van der Waals surface area (Å²) in [5.41, 5.74) is 6.71. The molecule has 0 fully saturated rings. The van der Waals surface area contributed by atoms with E-state index in [-0.39, 0.29) is 5.76 Å². The summed E-state index contributed by atoms with van der Waals surface area (Å²) < 4.78 is 9.73. The molecule has 2 heterocycles. The van der Waals surface area contributed by atoms with Crippen LogP contribution in [-0.4, -0.2) is 36.8 Å². The molecule has 0 atom stereocenters. The molecule has 4 N–H and O–H groups in total. The van der Waals surface area contributed by atoms with Gasteiger partial charge in [-0.05, 0) is 43.4 Å². The average molecular weight is 405 g/mol. The van der Waals surface area contributed by atoms with Gasteiger partial charge in [0.15, 0.2) is 12.4 Å². The number of esters is 1. The SMILES string of the molecule is NC(=O)c1c(NC(=O)COC(=O)CNC(=O)c2ccco2)sc2c1CCCC2. The summed E-state index contributed by atoms with van der Waals surface area (Å²) in [6.07, 6.45) is 4.93. The van der Waals surface area contributed by atoms with Gasteiger partial charge in [-0.1, -0.05) is 0 Å². The lowest BCUT2D eigenvalue weighted by Crippen LogP contribution is -2.32. The Morgan fingerprint density at radius 3 is 2.71 bits per heavy atom. The molecular weight excluding hydrogens is 386 g/mol. The maximum Gasteiger partial charge on any atom is 0.325 e. The largest absolute Gasteiger partial charge is 0.459 e. The third kappa shape index (κ3) is 4.58. The molecule has 0 spiro atoms. The molecular formula is C18H19N3O6S. The lowest BCUT2D eigenvalue weighted by Gasteiger charge is -2.11. The molecule has 0 unspecified atom stereocenters. The van der Waals surface area contributed by atoms with Gasteiger partial charge in [-0.2, -0.15) is 0 Å². The van der Waals surface area contributed by atoms with E-state index in [4.69, 9.17) is 14.9 Å². The van der Waals surface area contributed by atoms with E-state index in [0.717, 1.165) is 36.1 Å². The molecule has 3 rings (SSSR count). The lowest BCUT2D eigenvalue weighted by molar-refractivity contribution is -0.146. The number of hydrogen-bond donors (Lipinski definition) is 3. The van der Waals surface area contributed by atoms with Gasteiger partial charge in [-0.15, -0.1) is 11.3 Å². The predicted molar refractivity (Wildman–Crippen MR) is 100 cm³/mol. The van der Waals surface area contributed by atoms with Crippen LogP contribution in [0.25, 0.3) is 0 Å². The first-order valence-corrected chi connectivity index (χ1v) is 9.49. The molecule has 0 aromatic carbocycles. The van der Waals surface area contributed by atoms with Gasteiger partial charge in [0, 0.05) is 4.88 Å². The van der Waals surface area contributed by atoms with Crippen LogP contribution in [0.15, 0.2) is 22.8 Å². The second-order valence-corrected chi connectivity index (χ2v) is 7.25. The Balaban J connectivity index is 1.50. The molecule has 1 aliphatic rings. The fourth-order valence-electron chi connectivity index (χ4n) is 2.92. The van der Waals surface area contributed by atoms with Crippen molar-refractivity contribution in [2.75, 3.05) is 18.5 Å². The molecule has 28 heavy (non-hydrogen) atoms. The number of carbonyl (C=O) groups excluding carboxylic acids is 4. The molecule has 0 aliphatic heterocycles. The Bertz CT molecular complexity index is 903. The second kappa shape index (κ2) is 8.70. The Kier molecular flexibility index (Phi) is 6.09. The smallest absolute Gasteiger partial charge is 0.325 e. The van der Waals surface area contributed by atoms with E-state index in [0.29, 0.717) is 10.6 Å². The number of amides is 3. The van der Waals surface area contributed by atoms with Crippen molar-refractivity contribution in [3.8, 4) is 0 Å². The molecule has 3 amide bonds. The highest BCUT2D eigenvalue weighted by atomic mass is 32.1. The fraction of sp³-hybridized carbons (Fsp3) is 0.333. The molecule has 148 valence electrons. The molecule has 0 bridgehead atoms. The van der Waals surface area contributed by atoms with Crippen LogP contribution in [0.4, 0.5) is 5.00 Å². The van der Waals surface area contributed by atoms with Crippen LogP contribution >= 0.6 is 11.3 Å². The van der Waals surface area contributed by atoms with Crippen molar-refractivity contribution in [2.45, 2.75) is 25.7 Å². The van der Waals surface area contributed by atoms with Crippen LogP contribution in [0.3, 0.4) is 0 Å². The van der Waals surface area contributed by atoms with Gasteiger partial charge in [-0.25, -0.2) is 0 Å². The standard InChI is InChI=1S/C18H19N3O6S/c19-16(24)15-10-4-1-2-6-12(10)28-18(15)21-13(22)9-27-14(23)8-20-17(25)11-5-3-7-26-11/h3,5,7H,1-2,4,6,8-9H2,(H2,19,24)(H,20,25)(H,21,22). The summed E-state index contributed by atoms with van der Waals surface area (Å²) in [6.45, 7) is -0.955. The fourth-order valence-corrected chi connectivity index (χ4v) is 4.23. The Morgan fingerprint density at radius 1 is 1.21 bits per heavy atom. The van der Waals surface area contributed by atoms with Gasteiger partial charge >= 0.3 is 5.97 Å². The second-order valence-electron chi connectivity index (χ2n) is 6.15. The quantitative estimate of drug-likeness (QED) is 0.592. The zero-order valence-electron chi connectivity index (χ0n) is 14.9. The van der Waals surface area contributed by atoms with Gasteiger partial charge < -0.3 is 25.5 Å².